The summed E-state index contributed by atoms with van der Waals surface area (Å²) in [6.07, 6.45) is 0. The number of nitrogens with one attached hydrogen (secondary N) is 1. The van der Waals surface area contributed by atoms with Gasteiger partial charge < -0.3 is 19.5 Å². The number of nitrogens with zero attached hydrogens (tertiary/aromatic N) is 2. The molecule has 2 heterocycles. The summed E-state index contributed by atoms with van der Waals surface area (Å²) in [6, 6.07) is 8.94. The van der Waals surface area contributed by atoms with Gasteiger partial charge in [-0.25, -0.2) is 0 Å². The van der Waals surface area contributed by atoms with E-state index in [4.69, 9.17) is 4.74 Å². The van der Waals surface area contributed by atoms with Crippen LogP contribution in [-0.2, 0) is 7.05 Å². The quantitative estimate of drug-likeness (QED) is 0.891. The van der Waals surface area contributed by atoms with E-state index in [0.29, 0.717) is 6.04 Å². The molecule has 1 aromatic heterocycles. The van der Waals surface area contributed by atoms with E-state index in [0.717, 1.165) is 25.4 Å². The number of aromatic nitrogens is 1. The number of likely N-dealkylation sites (N-methyl/N-ethyl adjacent to an activating group) is 1. The third-order valence-corrected chi connectivity index (χ3v) is 4.03. The van der Waals surface area contributed by atoms with Crippen LogP contribution in [0.4, 0.5) is 0 Å². The topological polar surface area (TPSA) is 29.4 Å². The number of benzene rings is 1. The monoisotopic (exact) mass is 259 g/mol. The van der Waals surface area contributed by atoms with E-state index in [-0.39, 0.29) is 0 Å². The van der Waals surface area contributed by atoms with E-state index in [1.165, 1.54) is 16.6 Å². The van der Waals surface area contributed by atoms with Gasteiger partial charge in [-0.1, -0.05) is 0 Å². The summed E-state index contributed by atoms with van der Waals surface area (Å²) in [6.45, 7) is 3.22. The lowest BCUT2D eigenvalue weighted by atomic mass is 10.1. The Labute approximate surface area is 114 Å². The number of ether oxygens (including phenoxy) is 1. The minimum atomic E-state index is 0.405. The molecule has 2 aromatic rings. The Kier molecular flexibility index (Phi) is 3.21. The van der Waals surface area contributed by atoms with Crippen molar-refractivity contribution in [3.05, 3.63) is 30.0 Å². The second-order valence-electron chi connectivity index (χ2n) is 5.32. The second-order valence-corrected chi connectivity index (χ2v) is 5.32. The first-order chi connectivity index (χ1) is 9.19. The van der Waals surface area contributed by atoms with Crippen molar-refractivity contribution >= 4 is 10.9 Å². The fourth-order valence-corrected chi connectivity index (χ4v) is 2.89. The molecule has 1 unspecified atom stereocenters. The van der Waals surface area contributed by atoms with E-state index < -0.39 is 0 Å². The highest BCUT2D eigenvalue weighted by atomic mass is 16.5. The lowest BCUT2D eigenvalue weighted by Crippen LogP contribution is -2.44. The Morgan fingerprint density at radius 2 is 2.11 bits per heavy atom. The largest absolute Gasteiger partial charge is 0.497 e. The normalized spacial score (nSPS) is 20.9. The third kappa shape index (κ3) is 2.22. The molecule has 0 spiro atoms. The van der Waals surface area contributed by atoms with Gasteiger partial charge in [-0.15, -0.1) is 0 Å². The summed E-state index contributed by atoms with van der Waals surface area (Å²) >= 11 is 0. The molecule has 0 saturated carbocycles. The van der Waals surface area contributed by atoms with Crippen molar-refractivity contribution in [3.63, 3.8) is 0 Å². The first kappa shape index (κ1) is 12.5. The number of methoxy groups -OCH3 is 1. The molecule has 1 fully saturated rings. The van der Waals surface area contributed by atoms with Crippen molar-refractivity contribution in [2.24, 2.45) is 7.05 Å². The van der Waals surface area contributed by atoms with Crippen LogP contribution in [0.25, 0.3) is 10.9 Å². The van der Waals surface area contributed by atoms with E-state index >= 15 is 0 Å². The van der Waals surface area contributed by atoms with Crippen LogP contribution in [-0.4, -0.2) is 43.3 Å². The Bertz CT molecular complexity index is 590. The molecule has 1 N–H and O–H groups in total. The van der Waals surface area contributed by atoms with Crippen molar-refractivity contribution < 1.29 is 4.74 Å². The number of rotatable bonds is 2. The molecule has 19 heavy (non-hydrogen) atoms. The molecular weight excluding hydrogens is 238 g/mol. The Morgan fingerprint density at radius 3 is 2.84 bits per heavy atom. The molecular formula is C15H21N3O. The van der Waals surface area contributed by atoms with Crippen LogP contribution in [0.2, 0.25) is 0 Å². The Hall–Kier alpha value is -1.52. The van der Waals surface area contributed by atoms with Crippen LogP contribution < -0.4 is 10.1 Å². The maximum absolute atomic E-state index is 5.31. The van der Waals surface area contributed by atoms with Crippen LogP contribution in [0.1, 0.15) is 11.7 Å². The number of piperazine rings is 1. The molecule has 0 aliphatic carbocycles. The maximum atomic E-state index is 5.31. The van der Waals surface area contributed by atoms with Gasteiger partial charge in [0, 0.05) is 43.8 Å². The van der Waals surface area contributed by atoms with Gasteiger partial charge in [0.1, 0.15) is 5.75 Å². The van der Waals surface area contributed by atoms with Crippen molar-refractivity contribution in [2.75, 3.05) is 33.8 Å². The lowest BCUT2D eigenvalue weighted by Gasteiger charge is -2.31. The minimum absolute atomic E-state index is 0.405. The number of aryl methyl sites for hydroxylation is 1. The van der Waals surface area contributed by atoms with E-state index in [1.54, 1.807) is 7.11 Å². The molecule has 4 nitrogen and oxygen atoms in total. The molecule has 102 valence electrons. The van der Waals surface area contributed by atoms with Crippen molar-refractivity contribution in [2.45, 2.75) is 6.04 Å². The average Bonchev–Trinajstić information content (AvgIpc) is 2.76. The molecule has 0 bridgehead atoms. The zero-order valence-electron chi connectivity index (χ0n) is 11.8. The predicted molar refractivity (Wildman–Crippen MR) is 77.7 cm³/mol. The standard InChI is InChI=1S/C15H21N3O/c1-17-7-6-16-13(10-17)15-8-11-4-5-12(19-3)9-14(11)18(15)2/h4-5,8-9,13,16H,6-7,10H2,1-3H3. The first-order valence-corrected chi connectivity index (χ1v) is 6.74. The first-order valence-electron chi connectivity index (χ1n) is 6.74. The van der Waals surface area contributed by atoms with Gasteiger partial charge in [0.2, 0.25) is 0 Å². The van der Waals surface area contributed by atoms with E-state index in [1.807, 2.05) is 6.07 Å². The fourth-order valence-electron chi connectivity index (χ4n) is 2.89. The van der Waals surface area contributed by atoms with Gasteiger partial charge >= 0.3 is 0 Å². The zero-order chi connectivity index (χ0) is 13.4. The fraction of sp³-hybridized carbons (Fsp3) is 0.467. The number of fused-ring (bicyclic) bond motifs is 1. The molecule has 4 heteroatoms. The van der Waals surface area contributed by atoms with Crippen LogP contribution in [0.5, 0.6) is 5.75 Å². The summed E-state index contributed by atoms with van der Waals surface area (Å²) in [4.78, 5) is 2.37. The summed E-state index contributed by atoms with van der Waals surface area (Å²) in [5.41, 5.74) is 2.57. The maximum Gasteiger partial charge on any atom is 0.120 e. The van der Waals surface area contributed by atoms with Gasteiger partial charge in [-0.05, 0) is 25.2 Å². The van der Waals surface area contributed by atoms with Gasteiger partial charge in [-0.3, -0.25) is 0 Å². The van der Waals surface area contributed by atoms with Gasteiger partial charge in [0.25, 0.3) is 0 Å². The average molecular weight is 259 g/mol. The van der Waals surface area contributed by atoms with Crippen LogP contribution >= 0.6 is 0 Å². The summed E-state index contributed by atoms with van der Waals surface area (Å²) in [5.74, 6) is 0.911. The molecule has 0 amide bonds. The van der Waals surface area contributed by atoms with Crippen LogP contribution in [0, 0.1) is 0 Å². The zero-order valence-corrected chi connectivity index (χ0v) is 11.8. The summed E-state index contributed by atoms with van der Waals surface area (Å²) < 4.78 is 7.58. The number of hydrogen-bond donors (Lipinski definition) is 1. The summed E-state index contributed by atoms with van der Waals surface area (Å²) in [5, 5.41) is 4.87. The minimum Gasteiger partial charge on any atom is -0.497 e. The Balaban J connectivity index is 2.02. The predicted octanol–water partition coefficient (Wildman–Crippen LogP) is 1.76. The number of hydrogen-bond acceptors (Lipinski definition) is 3. The molecule has 0 radical (unpaired) electrons. The lowest BCUT2D eigenvalue weighted by molar-refractivity contribution is 0.236. The highest BCUT2D eigenvalue weighted by molar-refractivity contribution is 5.83. The molecule has 1 atom stereocenters. The van der Waals surface area contributed by atoms with Crippen LogP contribution in [0.3, 0.4) is 0 Å². The van der Waals surface area contributed by atoms with Gasteiger partial charge in [0.15, 0.2) is 0 Å². The van der Waals surface area contributed by atoms with Crippen molar-refractivity contribution in [1.82, 2.24) is 14.8 Å². The molecule has 3 rings (SSSR count). The molecule has 1 aliphatic rings. The molecule has 1 saturated heterocycles. The van der Waals surface area contributed by atoms with Crippen molar-refractivity contribution in [1.29, 1.82) is 0 Å². The highest BCUT2D eigenvalue weighted by Crippen LogP contribution is 2.27. The second kappa shape index (κ2) is 4.87. The molecule has 1 aliphatic heterocycles. The van der Waals surface area contributed by atoms with Crippen LogP contribution in [0.15, 0.2) is 24.3 Å². The third-order valence-electron chi connectivity index (χ3n) is 4.03. The van der Waals surface area contributed by atoms with Crippen molar-refractivity contribution in [3.8, 4) is 5.75 Å². The Morgan fingerprint density at radius 1 is 1.26 bits per heavy atom. The highest BCUT2D eigenvalue weighted by Gasteiger charge is 2.21. The van der Waals surface area contributed by atoms with E-state index in [9.17, 15) is 0 Å². The smallest absolute Gasteiger partial charge is 0.120 e. The summed E-state index contributed by atoms with van der Waals surface area (Å²) in [7, 11) is 6.02. The van der Waals surface area contributed by atoms with E-state index in [2.05, 4.69) is 47.1 Å². The molecule has 1 aromatic carbocycles. The SMILES string of the molecule is COc1ccc2cc(C3CN(C)CCN3)n(C)c2c1. The van der Waals surface area contributed by atoms with Gasteiger partial charge in [0.05, 0.1) is 18.7 Å². The van der Waals surface area contributed by atoms with Gasteiger partial charge in [-0.2, -0.15) is 0 Å².